The van der Waals surface area contributed by atoms with Crippen LogP contribution in [-0.2, 0) is 85.7 Å². The molecule has 312 valence electrons. The highest BCUT2D eigenvalue weighted by Gasteiger charge is 2.57. The summed E-state index contributed by atoms with van der Waals surface area (Å²) in [6, 6.07) is 0. The Kier molecular flexibility index (Phi) is 20.9. The third kappa shape index (κ3) is 17.0. The van der Waals surface area contributed by atoms with Gasteiger partial charge in [-0.05, 0) is 19.3 Å². The molecular weight excluding hydrogens is 732 g/mol. The topological polar surface area (TPSA) is 221 Å². The molecule has 2 saturated heterocycles. The summed E-state index contributed by atoms with van der Waals surface area (Å²) in [7, 11) is 0. The van der Waals surface area contributed by atoms with Gasteiger partial charge < -0.3 is 52.1 Å². The third-order valence-corrected chi connectivity index (χ3v) is 8.22. The highest BCUT2D eigenvalue weighted by atomic mass is 16.8. The molecule has 0 aromatic rings. The molecule has 0 spiro atoms. The average Bonchev–Trinajstić information content (AvgIpc) is 3.07. The fourth-order valence-corrected chi connectivity index (χ4v) is 6.08. The van der Waals surface area contributed by atoms with Gasteiger partial charge in [0.05, 0.1) is 0 Å². The number of unbranched alkanes of at least 4 members (excludes halogenated alkanes) is 7. The van der Waals surface area contributed by atoms with E-state index in [2.05, 4.69) is 6.58 Å². The Morgan fingerprint density at radius 2 is 0.855 bits per heavy atom. The van der Waals surface area contributed by atoms with E-state index in [0.29, 0.717) is 6.42 Å². The van der Waals surface area contributed by atoms with Crippen molar-refractivity contribution in [2.24, 2.45) is 0 Å². The van der Waals surface area contributed by atoms with E-state index >= 15 is 0 Å². The van der Waals surface area contributed by atoms with Gasteiger partial charge >= 0.3 is 41.8 Å². The van der Waals surface area contributed by atoms with E-state index in [1.54, 1.807) is 0 Å². The van der Waals surface area contributed by atoms with Gasteiger partial charge in [-0.2, -0.15) is 0 Å². The van der Waals surface area contributed by atoms with Crippen LogP contribution in [0.25, 0.3) is 0 Å². The predicted molar refractivity (Wildman–Crippen MR) is 186 cm³/mol. The minimum Gasteiger partial charge on any atom is -0.463 e. The Morgan fingerprint density at radius 3 is 1.33 bits per heavy atom. The van der Waals surface area contributed by atoms with Crippen LogP contribution in [0.2, 0.25) is 0 Å². The maximum absolute atomic E-state index is 12.6. The second-order valence-electron chi connectivity index (χ2n) is 13.1. The first-order valence-corrected chi connectivity index (χ1v) is 18.4. The van der Waals surface area contributed by atoms with Crippen LogP contribution in [-0.4, -0.2) is 123 Å². The van der Waals surface area contributed by atoms with Crippen LogP contribution >= 0.6 is 0 Å². The van der Waals surface area contributed by atoms with Crippen molar-refractivity contribution in [1.82, 2.24) is 0 Å². The summed E-state index contributed by atoms with van der Waals surface area (Å²) < 4.78 is 62.8. The molecule has 55 heavy (non-hydrogen) atoms. The molecule has 0 amide bonds. The molecule has 2 aliphatic heterocycles. The van der Waals surface area contributed by atoms with Crippen molar-refractivity contribution < 1.29 is 85.7 Å². The lowest BCUT2D eigenvalue weighted by Gasteiger charge is -2.48. The van der Waals surface area contributed by atoms with Gasteiger partial charge in [-0.1, -0.05) is 38.2 Å². The standard InChI is InChI=1S/C37H56O18/c1-9-10-11-12-13-14-15-16-17-18-45-36-34(51-26(7)43)33(50-25(6)42)31(29(53-36)20-47-22(3)39)55-37-35(52-27(8)44)32(49-24(5)41)30(48-23(4)40)28(54-37)19-46-21(2)38/h9,28-37H,1,10-20H2,2-8H3. The summed E-state index contributed by atoms with van der Waals surface area (Å²) in [6.07, 6.45) is -5.40. The Morgan fingerprint density at radius 1 is 0.473 bits per heavy atom. The largest absolute Gasteiger partial charge is 0.463 e. The number of carbonyl (C=O) groups is 7. The lowest BCUT2D eigenvalue weighted by molar-refractivity contribution is -0.361. The van der Waals surface area contributed by atoms with Crippen LogP contribution in [0.5, 0.6) is 0 Å². The highest BCUT2D eigenvalue weighted by Crippen LogP contribution is 2.35. The number of ether oxygens (including phenoxy) is 11. The van der Waals surface area contributed by atoms with Crippen LogP contribution in [0.1, 0.15) is 99.8 Å². The quantitative estimate of drug-likeness (QED) is 0.0666. The monoisotopic (exact) mass is 788 g/mol. The first-order valence-electron chi connectivity index (χ1n) is 18.4. The summed E-state index contributed by atoms with van der Waals surface area (Å²) in [6.45, 7) is 10.5. The van der Waals surface area contributed by atoms with Gasteiger partial charge in [0.1, 0.15) is 31.5 Å². The van der Waals surface area contributed by atoms with Gasteiger partial charge in [-0.25, -0.2) is 0 Å². The second-order valence-corrected chi connectivity index (χ2v) is 13.1. The zero-order chi connectivity index (χ0) is 41.1. The van der Waals surface area contributed by atoms with Crippen LogP contribution in [0, 0.1) is 0 Å². The van der Waals surface area contributed by atoms with E-state index in [-0.39, 0.29) is 6.61 Å². The lowest BCUT2D eigenvalue weighted by Crippen LogP contribution is -2.67. The highest BCUT2D eigenvalue weighted by molar-refractivity contribution is 5.69. The van der Waals surface area contributed by atoms with Crippen LogP contribution in [0.4, 0.5) is 0 Å². The average molecular weight is 789 g/mol. The summed E-state index contributed by atoms with van der Waals surface area (Å²) in [5.74, 6) is -5.69. The zero-order valence-corrected chi connectivity index (χ0v) is 32.7. The number of hydrogen-bond acceptors (Lipinski definition) is 18. The van der Waals surface area contributed by atoms with Crippen molar-refractivity contribution in [2.75, 3.05) is 19.8 Å². The van der Waals surface area contributed by atoms with Crippen LogP contribution in [0.15, 0.2) is 12.7 Å². The first-order chi connectivity index (χ1) is 26.0. The summed E-state index contributed by atoms with van der Waals surface area (Å²) in [4.78, 5) is 85.8. The van der Waals surface area contributed by atoms with Crippen molar-refractivity contribution in [1.29, 1.82) is 0 Å². The molecule has 0 N–H and O–H groups in total. The summed E-state index contributed by atoms with van der Waals surface area (Å²) in [5, 5.41) is 0. The third-order valence-electron chi connectivity index (χ3n) is 8.22. The number of carbonyl (C=O) groups excluding carboxylic acids is 7. The normalized spacial score (nSPS) is 27.5. The van der Waals surface area contributed by atoms with Gasteiger partial charge in [0, 0.05) is 55.1 Å². The van der Waals surface area contributed by atoms with E-state index < -0.39 is 116 Å². The van der Waals surface area contributed by atoms with Crippen molar-refractivity contribution in [3.8, 4) is 0 Å². The number of rotatable bonds is 22. The SMILES string of the molecule is C=CCCCCCCCCCOC1OC(COC(C)=O)C(OC2OC(COC(C)=O)C(OC(C)=O)C(OC(C)=O)C2OC(C)=O)C(OC(C)=O)C1OC(C)=O. The molecule has 18 heteroatoms. The molecule has 0 radical (unpaired) electrons. The number of allylic oxidation sites excluding steroid dienone is 1. The van der Waals surface area contributed by atoms with Gasteiger partial charge in [-0.3, -0.25) is 33.6 Å². The zero-order valence-electron chi connectivity index (χ0n) is 32.7. The van der Waals surface area contributed by atoms with E-state index in [1.165, 1.54) is 0 Å². The minimum absolute atomic E-state index is 0.164. The van der Waals surface area contributed by atoms with Crippen molar-refractivity contribution in [2.45, 2.75) is 161 Å². The molecule has 0 aromatic carbocycles. The Labute approximate surface area is 321 Å². The molecule has 2 fully saturated rings. The fraction of sp³-hybridized carbons (Fsp3) is 0.757. The van der Waals surface area contributed by atoms with E-state index in [1.807, 2.05) is 6.08 Å². The van der Waals surface area contributed by atoms with Crippen molar-refractivity contribution >= 4 is 41.8 Å². The Hall–Kier alpha value is -4.13. The van der Waals surface area contributed by atoms with E-state index in [0.717, 1.165) is 93.4 Å². The van der Waals surface area contributed by atoms with E-state index in [9.17, 15) is 33.6 Å². The smallest absolute Gasteiger partial charge is 0.303 e. The molecule has 0 saturated carbocycles. The predicted octanol–water partition coefficient (Wildman–Crippen LogP) is 2.93. The molecule has 0 aromatic heterocycles. The van der Waals surface area contributed by atoms with Crippen molar-refractivity contribution in [3.63, 3.8) is 0 Å². The molecule has 0 bridgehead atoms. The number of esters is 7. The summed E-state index contributed by atoms with van der Waals surface area (Å²) in [5.41, 5.74) is 0. The number of hydrogen-bond donors (Lipinski definition) is 0. The van der Waals surface area contributed by atoms with Gasteiger partial charge in [0.2, 0.25) is 0 Å². The molecule has 0 aliphatic carbocycles. The molecule has 2 aliphatic rings. The molecule has 10 unspecified atom stereocenters. The first kappa shape index (κ1) is 47.0. The maximum atomic E-state index is 12.6. The Balaban J connectivity index is 2.53. The molecule has 2 rings (SSSR count). The molecular formula is C37H56O18. The van der Waals surface area contributed by atoms with Gasteiger partial charge in [0.15, 0.2) is 43.1 Å². The Bertz CT molecular complexity index is 1300. The fourth-order valence-electron chi connectivity index (χ4n) is 6.08. The summed E-state index contributed by atoms with van der Waals surface area (Å²) >= 11 is 0. The van der Waals surface area contributed by atoms with Gasteiger partial charge in [-0.15, -0.1) is 6.58 Å². The molecule has 2 heterocycles. The maximum Gasteiger partial charge on any atom is 0.303 e. The second kappa shape index (κ2) is 24.4. The van der Waals surface area contributed by atoms with Crippen molar-refractivity contribution in [3.05, 3.63) is 12.7 Å². The molecule has 18 nitrogen and oxygen atoms in total. The lowest BCUT2D eigenvalue weighted by atomic mass is 9.96. The van der Waals surface area contributed by atoms with Gasteiger partial charge in [0.25, 0.3) is 0 Å². The minimum atomic E-state index is -1.76. The van der Waals surface area contributed by atoms with Crippen LogP contribution in [0.3, 0.4) is 0 Å². The van der Waals surface area contributed by atoms with E-state index in [4.69, 9.17) is 52.1 Å². The molecule has 10 atom stereocenters. The van der Waals surface area contributed by atoms with Crippen LogP contribution < -0.4 is 0 Å².